The van der Waals surface area contributed by atoms with Crippen molar-refractivity contribution in [3.05, 3.63) is 48.2 Å². The summed E-state index contributed by atoms with van der Waals surface area (Å²) in [6.07, 6.45) is -4.03. The molecular formula is C22H23F3N4O3. The SMILES string of the molecule is C[C@H]1Oc2ccccc2N(CCC(=O)N2CCN(c3ccc(C(F)(F)F)cn3)CC2)C1=O. The number of hydrogen-bond acceptors (Lipinski definition) is 5. The maximum atomic E-state index is 12.7. The van der Waals surface area contributed by atoms with E-state index in [1.807, 2.05) is 17.0 Å². The Morgan fingerprint density at radius 2 is 1.84 bits per heavy atom. The Morgan fingerprint density at radius 1 is 1.12 bits per heavy atom. The number of benzene rings is 1. The lowest BCUT2D eigenvalue weighted by molar-refractivity contribution is -0.138. The summed E-state index contributed by atoms with van der Waals surface area (Å²) in [4.78, 5) is 34.4. The third-order valence-corrected chi connectivity index (χ3v) is 5.65. The number of anilines is 2. The smallest absolute Gasteiger partial charge is 0.417 e. The van der Waals surface area contributed by atoms with Gasteiger partial charge in [-0.3, -0.25) is 9.59 Å². The van der Waals surface area contributed by atoms with Crippen LogP contribution in [0.25, 0.3) is 0 Å². The van der Waals surface area contributed by atoms with E-state index in [2.05, 4.69) is 4.98 Å². The van der Waals surface area contributed by atoms with Crippen LogP contribution in [0.15, 0.2) is 42.6 Å². The molecule has 0 bridgehead atoms. The summed E-state index contributed by atoms with van der Waals surface area (Å²) in [6, 6.07) is 9.59. The normalized spacial score (nSPS) is 18.9. The van der Waals surface area contributed by atoms with Gasteiger partial charge in [-0.05, 0) is 31.2 Å². The second-order valence-corrected chi connectivity index (χ2v) is 7.74. The fourth-order valence-electron chi connectivity index (χ4n) is 3.88. The molecule has 32 heavy (non-hydrogen) atoms. The Bertz CT molecular complexity index is 989. The quantitative estimate of drug-likeness (QED) is 0.720. The Kier molecular flexibility index (Phi) is 5.94. The molecule has 0 radical (unpaired) electrons. The molecule has 0 N–H and O–H groups in total. The van der Waals surface area contributed by atoms with Gasteiger partial charge >= 0.3 is 6.18 Å². The number of halogens is 3. The number of hydrogen-bond donors (Lipinski definition) is 0. The van der Waals surface area contributed by atoms with Gasteiger partial charge in [0.1, 0.15) is 11.6 Å². The Morgan fingerprint density at radius 3 is 2.50 bits per heavy atom. The molecule has 170 valence electrons. The van der Waals surface area contributed by atoms with Crippen molar-refractivity contribution in [1.82, 2.24) is 9.88 Å². The first-order chi connectivity index (χ1) is 15.2. The summed E-state index contributed by atoms with van der Waals surface area (Å²) in [7, 11) is 0. The lowest BCUT2D eigenvalue weighted by atomic mass is 10.1. The summed E-state index contributed by atoms with van der Waals surface area (Å²) in [5.41, 5.74) is -0.134. The van der Waals surface area contributed by atoms with Gasteiger partial charge in [0.15, 0.2) is 6.10 Å². The molecule has 7 nitrogen and oxygen atoms in total. The predicted octanol–water partition coefficient (Wildman–Crippen LogP) is 2.95. The predicted molar refractivity (Wildman–Crippen MR) is 112 cm³/mol. The number of rotatable bonds is 4. The lowest BCUT2D eigenvalue weighted by Gasteiger charge is -2.36. The van der Waals surface area contributed by atoms with E-state index in [1.165, 1.54) is 6.07 Å². The van der Waals surface area contributed by atoms with E-state index < -0.39 is 17.8 Å². The van der Waals surface area contributed by atoms with Gasteiger partial charge in [0.05, 0.1) is 11.3 Å². The second-order valence-electron chi connectivity index (χ2n) is 7.74. The van der Waals surface area contributed by atoms with Crippen molar-refractivity contribution in [2.45, 2.75) is 25.6 Å². The summed E-state index contributed by atoms with van der Waals surface area (Å²) in [5, 5.41) is 0. The molecule has 4 rings (SSSR count). The zero-order valence-electron chi connectivity index (χ0n) is 17.5. The molecule has 1 aromatic carbocycles. The standard InChI is InChI=1S/C22H23F3N4O3/c1-15-21(31)29(17-4-2-3-5-18(17)32-15)9-8-20(30)28-12-10-27(11-13-28)19-7-6-16(14-26-19)22(23,24)25/h2-7,14-15H,8-13H2,1H3/t15-/m1/s1. The number of pyridine rings is 1. The zero-order chi connectivity index (χ0) is 22.9. The minimum absolute atomic E-state index is 0.0746. The van der Waals surface area contributed by atoms with Crippen molar-refractivity contribution in [1.29, 1.82) is 0 Å². The van der Waals surface area contributed by atoms with Gasteiger partial charge in [0, 0.05) is 45.3 Å². The van der Waals surface area contributed by atoms with Crippen LogP contribution in [-0.2, 0) is 15.8 Å². The molecular weight excluding hydrogens is 425 g/mol. The number of carbonyl (C=O) groups excluding carboxylic acids is 2. The molecule has 2 aromatic rings. The topological polar surface area (TPSA) is 66.0 Å². The van der Waals surface area contributed by atoms with Crippen molar-refractivity contribution in [2.24, 2.45) is 0 Å². The zero-order valence-corrected chi connectivity index (χ0v) is 17.5. The molecule has 2 amide bonds. The molecule has 1 atom stereocenters. The van der Waals surface area contributed by atoms with Gasteiger partial charge in [-0.15, -0.1) is 0 Å². The van der Waals surface area contributed by atoms with Gasteiger partial charge in [0.25, 0.3) is 5.91 Å². The minimum atomic E-state index is -4.42. The first-order valence-corrected chi connectivity index (χ1v) is 10.4. The van der Waals surface area contributed by atoms with Gasteiger partial charge < -0.3 is 19.4 Å². The molecule has 1 saturated heterocycles. The van der Waals surface area contributed by atoms with Crippen LogP contribution in [0.5, 0.6) is 5.75 Å². The first kappa shape index (κ1) is 21.9. The molecule has 2 aliphatic rings. The van der Waals surface area contributed by atoms with E-state index in [9.17, 15) is 22.8 Å². The maximum Gasteiger partial charge on any atom is 0.417 e. The van der Waals surface area contributed by atoms with E-state index in [-0.39, 0.29) is 24.8 Å². The largest absolute Gasteiger partial charge is 0.479 e. The monoisotopic (exact) mass is 448 g/mol. The van der Waals surface area contributed by atoms with E-state index in [0.717, 1.165) is 12.3 Å². The molecule has 0 aliphatic carbocycles. The number of amides is 2. The van der Waals surface area contributed by atoms with Crippen molar-refractivity contribution < 1.29 is 27.5 Å². The molecule has 0 saturated carbocycles. The average Bonchev–Trinajstić information content (AvgIpc) is 2.79. The Labute approximate surface area is 183 Å². The molecule has 0 unspecified atom stereocenters. The summed E-state index contributed by atoms with van der Waals surface area (Å²) < 4.78 is 43.7. The summed E-state index contributed by atoms with van der Waals surface area (Å²) in [5.74, 6) is 0.809. The van der Waals surface area contributed by atoms with Gasteiger partial charge in [-0.1, -0.05) is 12.1 Å². The highest BCUT2D eigenvalue weighted by molar-refractivity contribution is 6.00. The highest BCUT2D eigenvalue weighted by Crippen LogP contribution is 2.34. The third-order valence-electron chi connectivity index (χ3n) is 5.65. The van der Waals surface area contributed by atoms with E-state index in [1.54, 1.807) is 28.9 Å². The summed E-state index contributed by atoms with van der Waals surface area (Å²) >= 11 is 0. The number of aromatic nitrogens is 1. The third kappa shape index (κ3) is 4.49. The van der Waals surface area contributed by atoms with E-state index in [0.29, 0.717) is 43.4 Å². The number of alkyl halides is 3. The highest BCUT2D eigenvalue weighted by Gasteiger charge is 2.33. The molecule has 2 aliphatic heterocycles. The van der Waals surface area contributed by atoms with E-state index in [4.69, 9.17) is 4.74 Å². The van der Waals surface area contributed by atoms with Crippen LogP contribution >= 0.6 is 0 Å². The van der Waals surface area contributed by atoms with Crippen molar-refractivity contribution in [2.75, 3.05) is 42.5 Å². The number of nitrogens with zero attached hydrogens (tertiary/aromatic N) is 4. The number of piperazine rings is 1. The lowest BCUT2D eigenvalue weighted by Crippen LogP contribution is -2.50. The van der Waals surface area contributed by atoms with Crippen LogP contribution in [0.3, 0.4) is 0 Å². The van der Waals surface area contributed by atoms with Gasteiger partial charge in [0.2, 0.25) is 5.91 Å². The molecule has 1 fully saturated rings. The number of para-hydroxylation sites is 2. The molecule has 1 aromatic heterocycles. The van der Waals surface area contributed by atoms with Crippen LogP contribution in [-0.4, -0.2) is 60.5 Å². The van der Waals surface area contributed by atoms with Crippen molar-refractivity contribution >= 4 is 23.3 Å². The summed E-state index contributed by atoms with van der Waals surface area (Å²) in [6.45, 7) is 3.75. The molecule has 0 spiro atoms. The minimum Gasteiger partial charge on any atom is -0.479 e. The van der Waals surface area contributed by atoms with Gasteiger partial charge in [-0.2, -0.15) is 13.2 Å². The van der Waals surface area contributed by atoms with E-state index >= 15 is 0 Å². The van der Waals surface area contributed by atoms with Crippen LogP contribution in [0.2, 0.25) is 0 Å². The molecule has 3 heterocycles. The number of carbonyl (C=O) groups is 2. The van der Waals surface area contributed by atoms with Crippen LogP contribution in [0.1, 0.15) is 18.9 Å². The van der Waals surface area contributed by atoms with Crippen LogP contribution in [0, 0.1) is 0 Å². The van der Waals surface area contributed by atoms with Crippen LogP contribution in [0.4, 0.5) is 24.7 Å². The van der Waals surface area contributed by atoms with Gasteiger partial charge in [-0.25, -0.2) is 4.98 Å². The first-order valence-electron chi connectivity index (χ1n) is 10.4. The Hall–Kier alpha value is -3.30. The second kappa shape index (κ2) is 8.68. The van der Waals surface area contributed by atoms with Crippen molar-refractivity contribution in [3.63, 3.8) is 0 Å². The maximum absolute atomic E-state index is 12.7. The fraction of sp³-hybridized carbons (Fsp3) is 0.409. The molecule has 10 heteroatoms. The highest BCUT2D eigenvalue weighted by atomic mass is 19.4. The average molecular weight is 448 g/mol. The van der Waals surface area contributed by atoms with Crippen molar-refractivity contribution in [3.8, 4) is 5.75 Å². The van der Waals surface area contributed by atoms with Crippen LogP contribution < -0.4 is 14.5 Å². The number of ether oxygens (including phenoxy) is 1. The Balaban J connectivity index is 1.32. The fourth-order valence-corrected chi connectivity index (χ4v) is 3.88. The number of fused-ring (bicyclic) bond motifs is 1.